The van der Waals surface area contributed by atoms with Gasteiger partial charge in [-0.15, -0.1) is 0 Å². The summed E-state index contributed by atoms with van der Waals surface area (Å²) in [7, 11) is 1.88. The largest absolute Gasteiger partial charge is 0.386 e. The Morgan fingerprint density at radius 3 is 2.72 bits per heavy atom. The average molecular weight is 339 g/mol. The molecule has 1 aromatic carbocycles. The van der Waals surface area contributed by atoms with Crippen molar-refractivity contribution >= 4 is 23.1 Å². The highest BCUT2D eigenvalue weighted by atomic mass is 16.1. The smallest absolute Gasteiger partial charge is 0.161 e. The Bertz CT molecular complexity index is 831. The number of carbonyl (C=O) groups is 1. The molecule has 0 atom stereocenters. The van der Waals surface area contributed by atoms with E-state index in [1.807, 2.05) is 30.1 Å². The second-order valence-corrected chi connectivity index (χ2v) is 5.59. The molecule has 2 rings (SSSR count). The van der Waals surface area contributed by atoms with E-state index in [1.165, 1.54) is 6.92 Å². The minimum Gasteiger partial charge on any atom is -0.386 e. The summed E-state index contributed by atoms with van der Waals surface area (Å²) < 4.78 is 0. The number of nitrogen functional groups attached to an aromatic ring is 1. The third kappa shape index (κ3) is 4.54. The monoisotopic (exact) mass is 339 g/mol. The lowest BCUT2D eigenvalue weighted by molar-refractivity contribution is 0.101. The summed E-state index contributed by atoms with van der Waals surface area (Å²) in [5.41, 5.74) is 13.4. The number of aromatic nitrogens is 2. The van der Waals surface area contributed by atoms with Gasteiger partial charge in [-0.3, -0.25) is 10.2 Å². The first kappa shape index (κ1) is 17.9. The number of hydrogen-bond donors (Lipinski definition) is 4. The lowest BCUT2D eigenvalue weighted by Crippen LogP contribution is -2.22. The molecule has 0 fully saturated rings. The third-order valence-corrected chi connectivity index (χ3v) is 3.45. The molecule has 25 heavy (non-hydrogen) atoms. The number of benzene rings is 1. The standard InChI is InChI=1S/C17H21N7O/c1-10(25)12-5-4-6-14(7-12)24(3)9-13-8-21-17(22-11(2)18)15(23-13)16(19)20/h4-8H,2,9,18H2,1,3H3,(H3,19,20)(H,21,22). The molecule has 2 aromatic rings. The molecule has 0 saturated carbocycles. The second kappa shape index (κ2) is 7.43. The summed E-state index contributed by atoms with van der Waals surface area (Å²) >= 11 is 0. The molecule has 8 heteroatoms. The lowest BCUT2D eigenvalue weighted by Gasteiger charge is -2.20. The lowest BCUT2D eigenvalue weighted by atomic mass is 10.1. The summed E-state index contributed by atoms with van der Waals surface area (Å²) in [6.07, 6.45) is 1.57. The zero-order chi connectivity index (χ0) is 18.6. The van der Waals surface area contributed by atoms with Crippen molar-refractivity contribution < 1.29 is 4.79 Å². The molecule has 0 spiro atoms. The van der Waals surface area contributed by atoms with E-state index >= 15 is 0 Å². The number of Topliss-reactive ketones (excluding diaryl/α,β-unsaturated/α-hetero) is 1. The molecule has 1 heterocycles. The molecule has 0 bridgehead atoms. The number of amidine groups is 1. The van der Waals surface area contributed by atoms with Crippen LogP contribution in [0.4, 0.5) is 11.5 Å². The van der Waals surface area contributed by atoms with Crippen LogP contribution in [0.3, 0.4) is 0 Å². The predicted octanol–water partition coefficient (Wildman–Crippen LogP) is 1.44. The molecule has 130 valence electrons. The molecule has 0 aliphatic rings. The maximum absolute atomic E-state index is 11.5. The van der Waals surface area contributed by atoms with Crippen LogP contribution in [0.1, 0.15) is 28.7 Å². The first-order chi connectivity index (χ1) is 11.8. The molecule has 0 amide bonds. The number of carbonyl (C=O) groups excluding carboxylic acids is 1. The first-order valence-corrected chi connectivity index (χ1v) is 7.51. The molecule has 0 radical (unpaired) electrons. The van der Waals surface area contributed by atoms with E-state index in [9.17, 15) is 4.79 Å². The van der Waals surface area contributed by atoms with E-state index in [4.69, 9.17) is 16.9 Å². The number of anilines is 2. The Labute approximate surface area is 146 Å². The number of hydrogen-bond acceptors (Lipinski definition) is 7. The normalized spacial score (nSPS) is 10.2. The van der Waals surface area contributed by atoms with Gasteiger partial charge in [-0.05, 0) is 19.1 Å². The van der Waals surface area contributed by atoms with Crippen molar-refractivity contribution in [1.82, 2.24) is 9.97 Å². The van der Waals surface area contributed by atoms with Gasteiger partial charge in [-0.2, -0.15) is 0 Å². The summed E-state index contributed by atoms with van der Waals surface area (Å²) in [5, 5.41) is 10.4. The third-order valence-electron chi connectivity index (χ3n) is 3.45. The van der Waals surface area contributed by atoms with Gasteiger partial charge < -0.3 is 21.7 Å². The highest BCUT2D eigenvalue weighted by molar-refractivity contribution is 5.97. The van der Waals surface area contributed by atoms with Gasteiger partial charge in [0, 0.05) is 18.3 Å². The van der Waals surface area contributed by atoms with Gasteiger partial charge in [-0.1, -0.05) is 18.7 Å². The molecule has 0 aliphatic heterocycles. The quantitative estimate of drug-likeness (QED) is 0.340. The van der Waals surface area contributed by atoms with E-state index in [0.717, 1.165) is 5.69 Å². The second-order valence-electron chi connectivity index (χ2n) is 5.59. The van der Waals surface area contributed by atoms with Crippen molar-refractivity contribution in [2.24, 2.45) is 11.5 Å². The molecule has 0 unspecified atom stereocenters. The van der Waals surface area contributed by atoms with Crippen molar-refractivity contribution in [3.05, 3.63) is 59.8 Å². The minimum atomic E-state index is -0.223. The van der Waals surface area contributed by atoms with Crippen LogP contribution in [-0.2, 0) is 6.54 Å². The van der Waals surface area contributed by atoms with Crippen molar-refractivity contribution in [2.45, 2.75) is 13.5 Å². The maximum atomic E-state index is 11.5. The molecule has 0 aliphatic carbocycles. The van der Waals surface area contributed by atoms with Gasteiger partial charge >= 0.3 is 0 Å². The molecular formula is C17H21N7O. The van der Waals surface area contributed by atoms with Gasteiger partial charge in [0.25, 0.3) is 0 Å². The zero-order valence-electron chi connectivity index (χ0n) is 14.2. The van der Waals surface area contributed by atoms with Crippen molar-refractivity contribution in [3.8, 4) is 0 Å². The number of nitrogens with one attached hydrogen (secondary N) is 2. The zero-order valence-corrected chi connectivity index (χ0v) is 14.2. The Morgan fingerprint density at radius 1 is 1.40 bits per heavy atom. The van der Waals surface area contributed by atoms with E-state index in [-0.39, 0.29) is 29.0 Å². The maximum Gasteiger partial charge on any atom is 0.161 e. The van der Waals surface area contributed by atoms with Crippen LogP contribution >= 0.6 is 0 Å². The number of nitrogens with zero attached hydrogens (tertiary/aromatic N) is 3. The average Bonchev–Trinajstić information content (AvgIpc) is 2.55. The van der Waals surface area contributed by atoms with Crippen molar-refractivity contribution in [2.75, 3.05) is 17.3 Å². The number of rotatable bonds is 7. The number of ketones is 1. The summed E-state index contributed by atoms with van der Waals surface area (Å²) in [6, 6.07) is 7.32. The first-order valence-electron chi connectivity index (χ1n) is 7.51. The van der Waals surface area contributed by atoms with Crippen LogP contribution in [0, 0.1) is 5.41 Å². The number of nitrogens with two attached hydrogens (primary N) is 2. The topological polar surface area (TPSA) is 134 Å². The molecule has 8 nitrogen and oxygen atoms in total. The van der Waals surface area contributed by atoms with Crippen LogP contribution in [0.25, 0.3) is 0 Å². The van der Waals surface area contributed by atoms with Crippen LogP contribution < -0.4 is 21.7 Å². The highest BCUT2D eigenvalue weighted by Crippen LogP contribution is 2.18. The SMILES string of the molecule is C=C(N)Nc1ncc(CN(C)c2cccc(C(C)=O)c2)nc1C(=N)N. The van der Waals surface area contributed by atoms with E-state index in [1.54, 1.807) is 12.3 Å². The molecular weight excluding hydrogens is 318 g/mol. The van der Waals surface area contributed by atoms with E-state index in [2.05, 4.69) is 21.9 Å². The Hall–Kier alpha value is -3.42. The minimum absolute atomic E-state index is 0.00588. The fourth-order valence-electron chi connectivity index (χ4n) is 2.23. The van der Waals surface area contributed by atoms with Gasteiger partial charge in [0.15, 0.2) is 11.6 Å². The van der Waals surface area contributed by atoms with E-state index < -0.39 is 0 Å². The predicted molar refractivity (Wildman–Crippen MR) is 98.6 cm³/mol. The Morgan fingerprint density at radius 2 is 2.12 bits per heavy atom. The fourth-order valence-corrected chi connectivity index (χ4v) is 2.23. The van der Waals surface area contributed by atoms with Crippen molar-refractivity contribution in [3.63, 3.8) is 0 Å². The van der Waals surface area contributed by atoms with Gasteiger partial charge in [0.1, 0.15) is 11.5 Å². The van der Waals surface area contributed by atoms with Crippen LogP contribution in [-0.4, -0.2) is 28.6 Å². The van der Waals surface area contributed by atoms with E-state index in [0.29, 0.717) is 17.8 Å². The van der Waals surface area contributed by atoms with Crippen LogP contribution in [0.15, 0.2) is 42.9 Å². The van der Waals surface area contributed by atoms with Gasteiger partial charge in [0.2, 0.25) is 0 Å². The van der Waals surface area contributed by atoms with Crippen LogP contribution in [0.2, 0.25) is 0 Å². The van der Waals surface area contributed by atoms with Crippen LogP contribution in [0.5, 0.6) is 0 Å². The highest BCUT2D eigenvalue weighted by Gasteiger charge is 2.13. The van der Waals surface area contributed by atoms with Gasteiger partial charge in [-0.25, -0.2) is 9.97 Å². The summed E-state index contributed by atoms with van der Waals surface area (Å²) in [6.45, 7) is 5.49. The van der Waals surface area contributed by atoms with Gasteiger partial charge in [0.05, 0.1) is 24.3 Å². The van der Waals surface area contributed by atoms with Crippen molar-refractivity contribution in [1.29, 1.82) is 5.41 Å². The Balaban J connectivity index is 2.26. The Kier molecular flexibility index (Phi) is 5.33. The summed E-state index contributed by atoms with van der Waals surface area (Å²) in [5.74, 6) is 0.248. The molecule has 1 aromatic heterocycles. The summed E-state index contributed by atoms with van der Waals surface area (Å²) in [4.78, 5) is 22.0. The molecule has 6 N–H and O–H groups in total. The fraction of sp³-hybridized carbons (Fsp3) is 0.176. The molecule has 0 saturated heterocycles.